The van der Waals surface area contributed by atoms with Gasteiger partial charge in [-0.1, -0.05) is 67.6 Å². The number of rotatable bonds is 7. The summed E-state index contributed by atoms with van der Waals surface area (Å²) in [6, 6.07) is 15.0. The highest BCUT2D eigenvalue weighted by Crippen LogP contribution is 2.44. The van der Waals surface area contributed by atoms with Gasteiger partial charge in [0.05, 0.1) is 12.0 Å². The number of alkyl carbamates (subject to hydrolysis) is 1. The highest BCUT2D eigenvalue weighted by Gasteiger charge is 2.31. The topological polar surface area (TPSA) is 105 Å². The van der Waals surface area contributed by atoms with E-state index in [1.165, 1.54) is 0 Å². The largest absolute Gasteiger partial charge is 0.480 e. The smallest absolute Gasteiger partial charge is 0.407 e. The number of carboxylic acid groups (broad SMARTS) is 1. The van der Waals surface area contributed by atoms with Crippen LogP contribution in [-0.4, -0.2) is 41.8 Å². The van der Waals surface area contributed by atoms with Crippen LogP contribution >= 0.6 is 0 Å². The van der Waals surface area contributed by atoms with E-state index in [4.69, 9.17) is 9.84 Å². The number of carbonyl (C=O) groups excluding carboxylic acids is 2. The van der Waals surface area contributed by atoms with Gasteiger partial charge in [-0.15, -0.1) is 0 Å². The summed E-state index contributed by atoms with van der Waals surface area (Å²) in [4.78, 5) is 35.9. The molecule has 2 aliphatic carbocycles. The van der Waals surface area contributed by atoms with Gasteiger partial charge in [0.15, 0.2) is 0 Å². The molecule has 0 bridgehead atoms. The number of fused-ring (bicyclic) bond motifs is 3. The van der Waals surface area contributed by atoms with Crippen LogP contribution in [0.4, 0.5) is 4.79 Å². The van der Waals surface area contributed by atoms with Gasteiger partial charge in [0, 0.05) is 5.92 Å². The Morgan fingerprint density at radius 1 is 1.03 bits per heavy atom. The van der Waals surface area contributed by atoms with Gasteiger partial charge < -0.3 is 20.5 Å². The molecule has 0 aromatic heterocycles. The fourth-order valence-corrected chi connectivity index (χ4v) is 4.41. The van der Waals surface area contributed by atoms with Gasteiger partial charge in [-0.25, -0.2) is 9.59 Å². The van der Waals surface area contributed by atoms with E-state index in [1.54, 1.807) is 19.1 Å². The maximum absolute atomic E-state index is 12.4. The van der Waals surface area contributed by atoms with Crippen LogP contribution in [0.5, 0.6) is 0 Å². The number of ether oxygens (including phenoxy) is 1. The Labute approximate surface area is 186 Å². The molecule has 0 radical (unpaired) electrons. The molecule has 2 aromatic rings. The fourth-order valence-electron chi connectivity index (χ4n) is 4.41. The van der Waals surface area contributed by atoms with E-state index in [0.717, 1.165) is 22.3 Å². The zero-order chi connectivity index (χ0) is 22.7. The average molecular weight is 434 g/mol. The molecule has 2 unspecified atom stereocenters. The first-order chi connectivity index (χ1) is 15.5. The molecule has 3 atom stereocenters. The van der Waals surface area contributed by atoms with Gasteiger partial charge in [0.2, 0.25) is 5.91 Å². The van der Waals surface area contributed by atoms with Crippen LogP contribution in [0.15, 0.2) is 60.7 Å². The van der Waals surface area contributed by atoms with Crippen molar-refractivity contribution >= 4 is 18.0 Å². The molecule has 32 heavy (non-hydrogen) atoms. The quantitative estimate of drug-likeness (QED) is 0.579. The molecule has 4 rings (SSSR count). The second-order valence-electron chi connectivity index (χ2n) is 8.11. The lowest BCUT2D eigenvalue weighted by atomic mass is 9.98. The summed E-state index contributed by atoms with van der Waals surface area (Å²) in [5.74, 6) is -1.92. The molecule has 2 amide bonds. The Kier molecular flexibility index (Phi) is 6.25. The number of carboxylic acids is 1. The third-order valence-corrected chi connectivity index (χ3v) is 6.09. The van der Waals surface area contributed by atoms with Gasteiger partial charge in [-0.3, -0.25) is 4.79 Å². The number of amides is 2. The van der Waals surface area contributed by atoms with Crippen molar-refractivity contribution in [3.05, 3.63) is 71.8 Å². The molecule has 2 aromatic carbocycles. The Bertz CT molecular complexity index is 1020. The van der Waals surface area contributed by atoms with E-state index in [0.29, 0.717) is 12.8 Å². The standard InChI is InChI=1S/C25H26N2O5/c1-2-22(24(29)30)27-23(28)15-11-12-16(13-15)26-25(31)32-14-21-19-9-5-3-7-17(19)18-8-4-6-10-20(18)21/h3-12,15-16,21-22H,2,13-14H2,1H3,(H,26,31)(H,27,28)(H,29,30)/t15?,16?,22-/m1/s1. The molecule has 7 heteroatoms. The van der Waals surface area contributed by atoms with Crippen molar-refractivity contribution in [3.63, 3.8) is 0 Å². The third-order valence-electron chi connectivity index (χ3n) is 6.09. The number of nitrogens with one attached hydrogen (secondary N) is 2. The minimum absolute atomic E-state index is 0.0206. The lowest BCUT2D eigenvalue weighted by Gasteiger charge is -2.18. The maximum Gasteiger partial charge on any atom is 0.407 e. The summed E-state index contributed by atoms with van der Waals surface area (Å²) < 4.78 is 5.55. The summed E-state index contributed by atoms with van der Waals surface area (Å²) in [5.41, 5.74) is 4.61. The van der Waals surface area contributed by atoms with Crippen LogP contribution in [0.2, 0.25) is 0 Å². The van der Waals surface area contributed by atoms with Crippen molar-refractivity contribution in [1.29, 1.82) is 0 Å². The zero-order valence-corrected chi connectivity index (χ0v) is 17.8. The van der Waals surface area contributed by atoms with Gasteiger partial charge in [-0.05, 0) is 35.1 Å². The lowest BCUT2D eigenvalue weighted by Crippen LogP contribution is -2.43. The van der Waals surface area contributed by atoms with E-state index < -0.39 is 24.0 Å². The summed E-state index contributed by atoms with van der Waals surface area (Å²) in [6.45, 7) is 1.92. The summed E-state index contributed by atoms with van der Waals surface area (Å²) in [7, 11) is 0. The van der Waals surface area contributed by atoms with Crippen molar-refractivity contribution in [1.82, 2.24) is 10.6 Å². The minimum atomic E-state index is -1.06. The van der Waals surface area contributed by atoms with Crippen molar-refractivity contribution in [2.75, 3.05) is 6.61 Å². The Morgan fingerprint density at radius 3 is 2.25 bits per heavy atom. The van der Waals surface area contributed by atoms with E-state index in [-0.39, 0.29) is 24.5 Å². The Hall–Kier alpha value is -3.61. The van der Waals surface area contributed by atoms with Gasteiger partial charge in [-0.2, -0.15) is 0 Å². The monoisotopic (exact) mass is 434 g/mol. The predicted molar refractivity (Wildman–Crippen MR) is 119 cm³/mol. The van der Waals surface area contributed by atoms with Crippen molar-refractivity contribution in [2.45, 2.75) is 37.8 Å². The van der Waals surface area contributed by atoms with Crippen molar-refractivity contribution < 1.29 is 24.2 Å². The van der Waals surface area contributed by atoms with E-state index >= 15 is 0 Å². The van der Waals surface area contributed by atoms with E-state index in [1.807, 2.05) is 24.3 Å². The number of aliphatic carboxylic acids is 1. The molecule has 2 aliphatic rings. The van der Waals surface area contributed by atoms with Crippen LogP contribution in [0.1, 0.15) is 36.8 Å². The highest BCUT2D eigenvalue weighted by atomic mass is 16.5. The zero-order valence-electron chi connectivity index (χ0n) is 17.8. The molecule has 0 heterocycles. The molecule has 0 saturated carbocycles. The fraction of sp³-hybridized carbons (Fsp3) is 0.320. The molecular formula is C25H26N2O5. The first kappa shape index (κ1) is 21.6. The first-order valence-corrected chi connectivity index (χ1v) is 10.8. The molecule has 0 fully saturated rings. The maximum atomic E-state index is 12.4. The van der Waals surface area contributed by atoms with Gasteiger partial charge >= 0.3 is 12.1 Å². The van der Waals surface area contributed by atoms with Crippen LogP contribution in [-0.2, 0) is 14.3 Å². The second kappa shape index (κ2) is 9.26. The summed E-state index contributed by atoms with van der Waals surface area (Å²) in [6.07, 6.45) is 3.57. The normalized spacial score (nSPS) is 19.7. The molecule has 3 N–H and O–H groups in total. The molecule has 0 saturated heterocycles. The predicted octanol–water partition coefficient (Wildman–Crippen LogP) is 3.45. The number of hydrogen-bond donors (Lipinski definition) is 3. The minimum Gasteiger partial charge on any atom is -0.480 e. The highest BCUT2D eigenvalue weighted by molar-refractivity contribution is 5.86. The van der Waals surface area contributed by atoms with Crippen molar-refractivity contribution in [3.8, 4) is 11.1 Å². The third kappa shape index (κ3) is 4.37. The number of benzene rings is 2. The Morgan fingerprint density at radius 2 is 1.66 bits per heavy atom. The van der Waals surface area contributed by atoms with Gasteiger partial charge in [0.25, 0.3) is 0 Å². The van der Waals surface area contributed by atoms with E-state index in [2.05, 4.69) is 34.9 Å². The number of carbonyl (C=O) groups is 3. The SMILES string of the molecule is CC[C@@H](NC(=O)C1C=CC(NC(=O)OCC2c3ccccc3-c3ccccc32)C1)C(=O)O. The van der Waals surface area contributed by atoms with Crippen LogP contribution < -0.4 is 10.6 Å². The van der Waals surface area contributed by atoms with Crippen molar-refractivity contribution in [2.24, 2.45) is 5.92 Å². The lowest BCUT2D eigenvalue weighted by molar-refractivity contribution is -0.142. The van der Waals surface area contributed by atoms with Gasteiger partial charge in [0.1, 0.15) is 12.6 Å². The average Bonchev–Trinajstić information content (AvgIpc) is 3.38. The summed E-state index contributed by atoms with van der Waals surface area (Å²) >= 11 is 0. The Balaban J connectivity index is 1.31. The first-order valence-electron chi connectivity index (χ1n) is 10.8. The van der Waals surface area contributed by atoms with Crippen LogP contribution in [0.25, 0.3) is 11.1 Å². The molecule has 0 spiro atoms. The molecule has 166 valence electrons. The molecule has 0 aliphatic heterocycles. The van der Waals surface area contributed by atoms with Crippen LogP contribution in [0, 0.1) is 5.92 Å². The van der Waals surface area contributed by atoms with E-state index in [9.17, 15) is 14.4 Å². The summed E-state index contributed by atoms with van der Waals surface area (Å²) in [5, 5.41) is 14.4. The number of hydrogen-bond acceptors (Lipinski definition) is 4. The molecular weight excluding hydrogens is 408 g/mol. The second-order valence-corrected chi connectivity index (χ2v) is 8.11. The van der Waals surface area contributed by atoms with Crippen LogP contribution in [0.3, 0.4) is 0 Å². The molecule has 7 nitrogen and oxygen atoms in total.